The molecule has 0 radical (unpaired) electrons. The molecule has 0 aliphatic rings. The molecule has 0 bridgehead atoms. The summed E-state index contributed by atoms with van der Waals surface area (Å²) in [6.45, 7) is 8.19. The summed E-state index contributed by atoms with van der Waals surface area (Å²) in [4.78, 5) is 22.1. The molecule has 0 saturated carbocycles. The average molecular weight is 264 g/mol. The van der Waals surface area contributed by atoms with E-state index < -0.39 is 27.2 Å². The molecule has 1 N–H and O–H groups in total. The van der Waals surface area contributed by atoms with Crippen molar-refractivity contribution in [2.24, 2.45) is 0 Å². The van der Waals surface area contributed by atoms with E-state index in [0.29, 0.717) is 13.0 Å². The van der Waals surface area contributed by atoms with Gasteiger partial charge in [-0.2, -0.15) is 8.42 Å². The van der Waals surface area contributed by atoms with Gasteiger partial charge in [-0.1, -0.05) is 13.2 Å². The number of hydrogen-bond donors (Lipinski definition) is 1. The quantitative estimate of drug-likeness (QED) is 0.331. The standard InChI is InChI=1S/C9H12O7S/c1-5-7(10)15-9(4,17(12,13)14)16-8(11)6(2)3/h5H,1-2H2,3-4H3,(H,12,13,14). The third-order valence-corrected chi connectivity index (χ3v) is 2.65. The van der Waals surface area contributed by atoms with Gasteiger partial charge in [0.15, 0.2) is 0 Å². The summed E-state index contributed by atoms with van der Waals surface area (Å²) < 4.78 is 39.5. The van der Waals surface area contributed by atoms with Crippen LogP contribution in [0.5, 0.6) is 0 Å². The summed E-state index contributed by atoms with van der Waals surface area (Å²) in [6, 6.07) is 0. The van der Waals surface area contributed by atoms with Gasteiger partial charge in [0.1, 0.15) is 0 Å². The summed E-state index contributed by atoms with van der Waals surface area (Å²) in [7, 11) is -4.97. The van der Waals surface area contributed by atoms with Crippen LogP contribution in [0.1, 0.15) is 13.8 Å². The van der Waals surface area contributed by atoms with Crippen molar-refractivity contribution in [3.63, 3.8) is 0 Å². The number of carbonyl (C=O) groups excluding carboxylic acids is 2. The molecule has 0 aromatic carbocycles. The summed E-state index contributed by atoms with van der Waals surface area (Å²) in [5.41, 5.74) is -0.130. The molecule has 0 amide bonds. The monoisotopic (exact) mass is 264 g/mol. The second kappa shape index (κ2) is 5.11. The number of hydrogen-bond acceptors (Lipinski definition) is 6. The molecule has 8 heteroatoms. The fraction of sp³-hybridized carbons (Fsp3) is 0.333. The normalized spacial score (nSPS) is 14.3. The van der Waals surface area contributed by atoms with E-state index in [1.165, 1.54) is 6.92 Å². The Labute approximate surface area is 98.5 Å². The van der Waals surface area contributed by atoms with Crippen molar-refractivity contribution in [2.45, 2.75) is 19.0 Å². The Bertz CT molecular complexity index is 462. The second-order valence-electron chi connectivity index (χ2n) is 3.13. The van der Waals surface area contributed by atoms with Crippen LogP contribution in [0.25, 0.3) is 0 Å². The molecule has 96 valence electrons. The fourth-order valence-corrected chi connectivity index (χ4v) is 0.974. The fourth-order valence-electron chi connectivity index (χ4n) is 0.606. The lowest BCUT2D eigenvalue weighted by atomic mass is 10.4. The summed E-state index contributed by atoms with van der Waals surface area (Å²) in [6.07, 6.45) is 0.651. The van der Waals surface area contributed by atoms with Crippen molar-refractivity contribution in [3.05, 3.63) is 24.8 Å². The van der Waals surface area contributed by atoms with Crippen LogP contribution in [0.2, 0.25) is 0 Å². The SMILES string of the molecule is C=CC(=O)OC(C)(OC(=O)C(=C)C)S(=O)(=O)O. The minimum atomic E-state index is -4.97. The zero-order chi connectivity index (χ0) is 13.9. The highest BCUT2D eigenvalue weighted by Gasteiger charge is 2.46. The molecule has 0 heterocycles. The molecular weight excluding hydrogens is 252 g/mol. The van der Waals surface area contributed by atoms with Crippen LogP contribution in [0.3, 0.4) is 0 Å². The highest BCUT2D eigenvalue weighted by molar-refractivity contribution is 7.86. The maximum atomic E-state index is 11.2. The molecule has 0 aromatic rings. The van der Waals surface area contributed by atoms with Crippen molar-refractivity contribution in [1.82, 2.24) is 0 Å². The maximum absolute atomic E-state index is 11.2. The molecule has 0 saturated heterocycles. The van der Waals surface area contributed by atoms with Crippen LogP contribution >= 0.6 is 0 Å². The van der Waals surface area contributed by atoms with Gasteiger partial charge in [0.2, 0.25) is 0 Å². The van der Waals surface area contributed by atoms with Crippen molar-refractivity contribution >= 4 is 22.1 Å². The van der Waals surface area contributed by atoms with E-state index in [1.807, 2.05) is 0 Å². The molecule has 17 heavy (non-hydrogen) atoms. The third kappa shape index (κ3) is 4.00. The van der Waals surface area contributed by atoms with Crippen LogP contribution in [0.15, 0.2) is 24.8 Å². The van der Waals surface area contributed by atoms with Gasteiger partial charge in [0.25, 0.3) is 0 Å². The largest absolute Gasteiger partial charge is 0.404 e. The Morgan fingerprint density at radius 1 is 1.35 bits per heavy atom. The van der Waals surface area contributed by atoms with Gasteiger partial charge in [0.05, 0.1) is 0 Å². The molecule has 0 rings (SSSR count). The van der Waals surface area contributed by atoms with Gasteiger partial charge < -0.3 is 9.47 Å². The van der Waals surface area contributed by atoms with E-state index in [4.69, 9.17) is 4.55 Å². The van der Waals surface area contributed by atoms with E-state index in [9.17, 15) is 18.0 Å². The summed E-state index contributed by atoms with van der Waals surface area (Å²) >= 11 is 0. The lowest BCUT2D eigenvalue weighted by Crippen LogP contribution is -2.44. The number of esters is 2. The Balaban J connectivity index is 5.27. The molecule has 0 aromatic heterocycles. The lowest BCUT2D eigenvalue weighted by molar-refractivity contribution is -0.191. The van der Waals surface area contributed by atoms with Crippen LogP contribution in [0.4, 0.5) is 0 Å². The number of ether oxygens (including phenoxy) is 2. The van der Waals surface area contributed by atoms with Crippen LogP contribution in [-0.2, 0) is 29.2 Å². The van der Waals surface area contributed by atoms with Gasteiger partial charge in [0, 0.05) is 18.6 Å². The van der Waals surface area contributed by atoms with Crippen molar-refractivity contribution in [3.8, 4) is 0 Å². The molecule has 7 nitrogen and oxygen atoms in total. The van der Waals surface area contributed by atoms with Gasteiger partial charge in [-0.15, -0.1) is 0 Å². The topological polar surface area (TPSA) is 107 Å². The zero-order valence-corrected chi connectivity index (χ0v) is 10.1. The smallest absolute Gasteiger partial charge is 0.383 e. The maximum Gasteiger partial charge on any atom is 0.383 e. The van der Waals surface area contributed by atoms with E-state index in [0.717, 1.165) is 0 Å². The zero-order valence-electron chi connectivity index (χ0n) is 9.30. The molecule has 0 fully saturated rings. The molecular formula is C9H12O7S. The number of carbonyl (C=O) groups is 2. The first-order valence-electron chi connectivity index (χ1n) is 4.25. The predicted octanol–water partition coefficient (Wildman–Crippen LogP) is 0.396. The van der Waals surface area contributed by atoms with E-state index in [-0.39, 0.29) is 5.57 Å². The Morgan fingerprint density at radius 2 is 1.82 bits per heavy atom. The highest BCUT2D eigenvalue weighted by atomic mass is 32.2. The van der Waals surface area contributed by atoms with Gasteiger partial charge in [-0.3, -0.25) is 4.55 Å². The highest BCUT2D eigenvalue weighted by Crippen LogP contribution is 2.21. The predicted molar refractivity (Wildman–Crippen MR) is 57.1 cm³/mol. The van der Waals surface area contributed by atoms with Crippen LogP contribution in [-0.4, -0.2) is 30.0 Å². The van der Waals surface area contributed by atoms with Crippen molar-refractivity contribution in [1.29, 1.82) is 0 Å². The van der Waals surface area contributed by atoms with Gasteiger partial charge in [-0.05, 0) is 6.92 Å². The second-order valence-corrected chi connectivity index (χ2v) is 4.82. The molecule has 1 unspecified atom stereocenters. The van der Waals surface area contributed by atoms with Crippen molar-refractivity contribution < 1.29 is 32.0 Å². The van der Waals surface area contributed by atoms with Crippen LogP contribution in [0, 0.1) is 0 Å². The summed E-state index contributed by atoms with van der Waals surface area (Å²) in [5, 5.41) is -2.84. The Morgan fingerprint density at radius 3 is 2.12 bits per heavy atom. The van der Waals surface area contributed by atoms with E-state index >= 15 is 0 Å². The van der Waals surface area contributed by atoms with E-state index in [2.05, 4.69) is 22.6 Å². The molecule has 0 aliphatic carbocycles. The Kier molecular flexibility index (Phi) is 4.60. The first-order valence-corrected chi connectivity index (χ1v) is 5.69. The average Bonchev–Trinajstić information content (AvgIpc) is 2.15. The minimum Gasteiger partial charge on any atom is -0.404 e. The van der Waals surface area contributed by atoms with Gasteiger partial charge >= 0.3 is 27.2 Å². The Hall–Kier alpha value is -1.67. The first kappa shape index (κ1) is 15.3. The van der Waals surface area contributed by atoms with Crippen molar-refractivity contribution in [2.75, 3.05) is 0 Å². The molecule has 0 aliphatic heterocycles. The lowest BCUT2D eigenvalue weighted by Gasteiger charge is -2.25. The first-order chi connectivity index (χ1) is 7.53. The molecule has 0 spiro atoms. The van der Waals surface area contributed by atoms with Gasteiger partial charge in [-0.25, -0.2) is 9.59 Å². The molecule has 1 atom stereocenters. The summed E-state index contributed by atoms with van der Waals surface area (Å²) in [5.74, 6) is -2.32. The van der Waals surface area contributed by atoms with Crippen LogP contribution < -0.4 is 0 Å². The minimum absolute atomic E-state index is 0.130. The number of rotatable bonds is 5. The third-order valence-electron chi connectivity index (χ3n) is 1.55. The van der Waals surface area contributed by atoms with E-state index in [1.54, 1.807) is 0 Å².